The summed E-state index contributed by atoms with van der Waals surface area (Å²) >= 11 is 0. The SMILES string of the molecule is CC(NC(=O)N1CCN(c2ccnc3[nH]c(=O)[nH]c23)CC1)C(F)(F)F. The molecule has 8 nitrogen and oxygen atoms in total. The highest BCUT2D eigenvalue weighted by Gasteiger charge is 2.38. The van der Waals surface area contributed by atoms with Gasteiger partial charge in [-0.3, -0.25) is 4.98 Å². The van der Waals surface area contributed by atoms with Gasteiger partial charge in [-0.2, -0.15) is 13.2 Å². The summed E-state index contributed by atoms with van der Waals surface area (Å²) in [4.78, 5) is 36.0. The number of rotatable bonds is 2. The molecule has 0 aromatic carbocycles. The van der Waals surface area contributed by atoms with Gasteiger partial charge in [0.1, 0.15) is 11.6 Å². The molecule has 2 amide bonds. The molecule has 3 heterocycles. The fourth-order valence-electron chi connectivity index (χ4n) is 2.69. The molecule has 25 heavy (non-hydrogen) atoms. The molecule has 2 aromatic heterocycles. The van der Waals surface area contributed by atoms with Crippen LogP contribution in [0.2, 0.25) is 0 Å². The van der Waals surface area contributed by atoms with E-state index in [4.69, 9.17) is 0 Å². The van der Waals surface area contributed by atoms with E-state index in [1.165, 1.54) is 4.90 Å². The summed E-state index contributed by atoms with van der Waals surface area (Å²) in [6, 6.07) is -0.893. The van der Waals surface area contributed by atoms with E-state index in [1.807, 2.05) is 10.2 Å². The van der Waals surface area contributed by atoms with Gasteiger partial charge in [0.05, 0.1) is 5.69 Å². The van der Waals surface area contributed by atoms with Gasteiger partial charge in [0, 0.05) is 32.4 Å². The number of hydrogen-bond donors (Lipinski definition) is 3. The van der Waals surface area contributed by atoms with Crippen LogP contribution in [0.3, 0.4) is 0 Å². The van der Waals surface area contributed by atoms with Crippen molar-refractivity contribution in [3.05, 3.63) is 22.7 Å². The maximum absolute atomic E-state index is 12.5. The number of hydrogen-bond acceptors (Lipinski definition) is 4. The minimum atomic E-state index is -4.47. The standard InChI is InChI=1S/C14H17F3N6O2/c1-8(14(15,16)17)19-13(25)23-6-4-22(5-7-23)9-2-3-18-11-10(9)20-12(24)21-11/h2-3,8H,4-7H2,1H3,(H,19,25)(H2,18,20,21,24). The van der Waals surface area contributed by atoms with Crippen LogP contribution in [-0.4, -0.2) is 64.3 Å². The van der Waals surface area contributed by atoms with Crippen LogP contribution in [-0.2, 0) is 0 Å². The van der Waals surface area contributed by atoms with Crippen molar-refractivity contribution in [1.29, 1.82) is 0 Å². The van der Waals surface area contributed by atoms with E-state index in [0.717, 1.165) is 12.6 Å². The lowest BCUT2D eigenvalue weighted by atomic mass is 10.2. The number of imidazole rings is 1. The largest absolute Gasteiger partial charge is 0.408 e. The number of alkyl halides is 3. The number of carbonyl (C=O) groups is 1. The molecule has 3 N–H and O–H groups in total. The van der Waals surface area contributed by atoms with Crippen molar-refractivity contribution in [1.82, 2.24) is 25.2 Å². The topological polar surface area (TPSA) is 97.1 Å². The summed E-state index contributed by atoms with van der Waals surface area (Å²) in [5.74, 6) is 0. The van der Waals surface area contributed by atoms with Gasteiger partial charge in [-0.15, -0.1) is 0 Å². The summed E-state index contributed by atoms with van der Waals surface area (Å²) in [5, 5.41) is 1.96. The third kappa shape index (κ3) is 3.54. The van der Waals surface area contributed by atoms with E-state index in [9.17, 15) is 22.8 Å². The van der Waals surface area contributed by atoms with Gasteiger partial charge in [-0.1, -0.05) is 0 Å². The first-order chi connectivity index (χ1) is 11.8. The van der Waals surface area contributed by atoms with Crippen molar-refractivity contribution >= 4 is 22.9 Å². The molecule has 0 aliphatic carbocycles. The lowest BCUT2D eigenvalue weighted by Gasteiger charge is -2.36. The number of halogens is 3. The Labute approximate surface area is 140 Å². The zero-order valence-corrected chi connectivity index (χ0v) is 13.4. The van der Waals surface area contributed by atoms with Crippen LogP contribution in [0.4, 0.5) is 23.7 Å². The van der Waals surface area contributed by atoms with E-state index < -0.39 is 18.2 Å². The second-order valence-electron chi connectivity index (χ2n) is 5.82. The van der Waals surface area contributed by atoms with Gasteiger partial charge < -0.3 is 20.1 Å². The quantitative estimate of drug-likeness (QED) is 0.747. The normalized spacial score (nSPS) is 17.0. The molecule has 2 aromatic rings. The Bertz CT molecular complexity index is 822. The number of fused-ring (bicyclic) bond motifs is 1. The van der Waals surface area contributed by atoms with E-state index in [1.54, 1.807) is 12.3 Å². The van der Waals surface area contributed by atoms with Crippen molar-refractivity contribution in [2.24, 2.45) is 0 Å². The van der Waals surface area contributed by atoms with Crippen LogP contribution in [0, 0.1) is 0 Å². The van der Waals surface area contributed by atoms with Gasteiger partial charge in [0.2, 0.25) is 0 Å². The second kappa shape index (κ2) is 6.30. The molecule has 136 valence electrons. The molecule has 0 spiro atoms. The Hall–Kier alpha value is -2.72. The summed E-state index contributed by atoms with van der Waals surface area (Å²) < 4.78 is 37.6. The molecule has 11 heteroatoms. The molecular weight excluding hydrogens is 341 g/mol. The predicted octanol–water partition coefficient (Wildman–Crippen LogP) is 1.03. The fourth-order valence-corrected chi connectivity index (χ4v) is 2.69. The summed E-state index contributed by atoms with van der Waals surface area (Å²) in [6.45, 7) is 2.31. The van der Waals surface area contributed by atoms with E-state index in [-0.39, 0.29) is 18.8 Å². The number of anilines is 1. The molecule has 0 bridgehead atoms. The summed E-state index contributed by atoms with van der Waals surface area (Å²) in [5.41, 5.74) is 1.39. The van der Waals surface area contributed by atoms with E-state index in [0.29, 0.717) is 24.3 Å². The molecule has 3 rings (SSSR count). The number of nitrogens with zero attached hydrogens (tertiary/aromatic N) is 3. The highest BCUT2D eigenvalue weighted by molar-refractivity contribution is 5.85. The average molecular weight is 358 g/mol. The first-order valence-electron chi connectivity index (χ1n) is 7.70. The highest BCUT2D eigenvalue weighted by Crippen LogP contribution is 2.23. The maximum atomic E-state index is 12.5. The number of urea groups is 1. The number of piperazine rings is 1. The van der Waals surface area contributed by atoms with Crippen LogP contribution in [0.1, 0.15) is 6.92 Å². The van der Waals surface area contributed by atoms with Gasteiger partial charge in [0.25, 0.3) is 0 Å². The van der Waals surface area contributed by atoms with Crippen molar-refractivity contribution in [2.75, 3.05) is 31.1 Å². The van der Waals surface area contributed by atoms with E-state index >= 15 is 0 Å². The number of nitrogens with one attached hydrogen (secondary N) is 3. The monoisotopic (exact) mass is 358 g/mol. The zero-order valence-electron chi connectivity index (χ0n) is 13.4. The van der Waals surface area contributed by atoms with Gasteiger partial charge in [-0.05, 0) is 13.0 Å². The fraction of sp³-hybridized carbons (Fsp3) is 0.500. The number of H-pyrrole nitrogens is 2. The van der Waals surface area contributed by atoms with Crippen LogP contribution in [0.25, 0.3) is 11.2 Å². The average Bonchev–Trinajstić information content (AvgIpc) is 2.94. The first kappa shape index (κ1) is 17.1. The van der Waals surface area contributed by atoms with Crippen molar-refractivity contribution < 1.29 is 18.0 Å². The highest BCUT2D eigenvalue weighted by atomic mass is 19.4. The lowest BCUT2D eigenvalue weighted by molar-refractivity contribution is -0.149. The molecule has 1 unspecified atom stereocenters. The van der Waals surface area contributed by atoms with Crippen molar-refractivity contribution in [2.45, 2.75) is 19.1 Å². The van der Waals surface area contributed by atoms with Crippen molar-refractivity contribution in [3.8, 4) is 0 Å². The molecule has 0 radical (unpaired) electrons. The Morgan fingerprint density at radius 2 is 1.96 bits per heavy atom. The molecule has 1 saturated heterocycles. The molecule has 1 aliphatic rings. The Morgan fingerprint density at radius 3 is 2.60 bits per heavy atom. The van der Waals surface area contributed by atoms with Crippen LogP contribution in [0.5, 0.6) is 0 Å². The molecular formula is C14H17F3N6O2. The maximum Gasteiger partial charge on any atom is 0.408 e. The predicted molar refractivity (Wildman–Crippen MR) is 84.5 cm³/mol. The Morgan fingerprint density at radius 1 is 1.28 bits per heavy atom. The Kier molecular flexibility index (Phi) is 4.31. The van der Waals surface area contributed by atoms with E-state index in [2.05, 4.69) is 15.0 Å². The number of amides is 2. The lowest BCUT2D eigenvalue weighted by Crippen LogP contribution is -2.55. The molecule has 1 atom stereocenters. The second-order valence-corrected chi connectivity index (χ2v) is 5.82. The number of carbonyl (C=O) groups excluding carboxylic acids is 1. The van der Waals surface area contributed by atoms with Crippen LogP contribution < -0.4 is 15.9 Å². The third-order valence-electron chi connectivity index (χ3n) is 4.14. The number of aromatic nitrogens is 3. The number of pyridine rings is 1. The zero-order chi connectivity index (χ0) is 18.2. The van der Waals surface area contributed by atoms with Crippen molar-refractivity contribution in [3.63, 3.8) is 0 Å². The molecule has 0 saturated carbocycles. The minimum Gasteiger partial charge on any atom is -0.366 e. The minimum absolute atomic E-state index is 0.273. The molecule has 1 fully saturated rings. The third-order valence-corrected chi connectivity index (χ3v) is 4.14. The number of aromatic amines is 2. The molecule has 1 aliphatic heterocycles. The van der Waals surface area contributed by atoms with Gasteiger partial charge >= 0.3 is 17.9 Å². The first-order valence-corrected chi connectivity index (χ1v) is 7.70. The van der Waals surface area contributed by atoms with Gasteiger partial charge in [0.15, 0.2) is 5.65 Å². The van der Waals surface area contributed by atoms with Crippen LogP contribution >= 0.6 is 0 Å². The van der Waals surface area contributed by atoms with Crippen LogP contribution in [0.15, 0.2) is 17.1 Å². The summed E-state index contributed by atoms with van der Waals surface area (Å²) in [7, 11) is 0. The van der Waals surface area contributed by atoms with Gasteiger partial charge in [-0.25, -0.2) is 14.6 Å². The smallest absolute Gasteiger partial charge is 0.366 e. The summed E-state index contributed by atoms with van der Waals surface area (Å²) in [6.07, 6.45) is -2.91. The Balaban J connectivity index is 1.65.